The molecule has 0 saturated heterocycles. The first-order valence-electron chi connectivity index (χ1n) is 3.36. The Kier molecular flexibility index (Phi) is 5.94. The molecule has 0 rings (SSSR count). The fraction of sp³-hybridized carbons (Fsp3) is 0.667. The van der Waals surface area contributed by atoms with Crippen molar-refractivity contribution in [1.82, 2.24) is 0 Å². The van der Waals surface area contributed by atoms with E-state index in [9.17, 15) is 5.11 Å². The first-order valence-corrected chi connectivity index (χ1v) is 4.61. The Labute approximate surface area is 77.0 Å². The van der Waals surface area contributed by atoms with Crippen molar-refractivity contribution in [3.05, 3.63) is 11.3 Å². The summed E-state index contributed by atoms with van der Waals surface area (Å²) in [4.78, 5) is 17.1. The van der Waals surface area contributed by atoms with Gasteiger partial charge in [0.2, 0.25) is 13.9 Å². The molecule has 0 bridgehead atoms. The third kappa shape index (κ3) is 3.89. The molecule has 0 aromatic heterocycles. The van der Waals surface area contributed by atoms with Crippen LogP contribution in [0.5, 0.6) is 0 Å². The second-order valence-electron chi connectivity index (χ2n) is 2.18. The van der Waals surface area contributed by atoms with E-state index in [2.05, 4.69) is 4.74 Å². The van der Waals surface area contributed by atoms with Crippen molar-refractivity contribution >= 4 is 8.38 Å². The Morgan fingerprint density at radius 1 is 1.31 bits per heavy atom. The molecule has 1 atom stereocenters. The van der Waals surface area contributed by atoms with Gasteiger partial charge in [0.25, 0.3) is 0 Å². The minimum atomic E-state index is -2.70. The van der Waals surface area contributed by atoms with Gasteiger partial charge in [-0.2, -0.15) is 0 Å². The van der Waals surface area contributed by atoms with Crippen molar-refractivity contribution in [1.29, 1.82) is 0 Å². The highest BCUT2D eigenvalue weighted by atomic mass is 31.2. The van der Waals surface area contributed by atoms with Crippen LogP contribution in [0, 0.1) is 0 Å². The quantitative estimate of drug-likeness (QED) is 0.384. The van der Waals surface area contributed by atoms with E-state index >= 15 is 0 Å². The molecule has 0 spiro atoms. The molecule has 1 unspecified atom stereocenters. The Balaban J connectivity index is 4.50. The summed E-state index contributed by atoms with van der Waals surface area (Å²) in [6, 6.07) is 0. The molecule has 0 aliphatic rings. The van der Waals surface area contributed by atoms with Crippen molar-refractivity contribution in [2.45, 2.75) is 6.10 Å². The van der Waals surface area contributed by atoms with E-state index in [1.165, 1.54) is 14.2 Å². The third-order valence-corrected chi connectivity index (χ3v) is 1.93. The van der Waals surface area contributed by atoms with E-state index in [4.69, 9.17) is 19.6 Å². The van der Waals surface area contributed by atoms with Crippen LogP contribution in [0.25, 0.3) is 0 Å². The summed E-state index contributed by atoms with van der Waals surface area (Å²) >= 11 is 0. The first-order chi connectivity index (χ1) is 6.04. The lowest BCUT2D eigenvalue weighted by molar-refractivity contribution is 0.0229. The van der Waals surface area contributed by atoms with Crippen LogP contribution in [-0.2, 0) is 9.47 Å². The number of aliphatic hydroxyl groups excluding tert-OH is 2. The van der Waals surface area contributed by atoms with Gasteiger partial charge in [-0.25, -0.2) is 0 Å². The molecule has 78 valence electrons. The largest absolute Gasteiger partial charge is 0.506 e. The van der Waals surface area contributed by atoms with Gasteiger partial charge in [-0.1, -0.05) is 0 Å². The average Bonchev–Trinajstić information content (AvgIpc) is 2.11. The van der Waals surface area contributed by atoms with Crippen molar-refractivity contribution < 1.29 is 29.5 Å². The molecule has 4 N–H and O–H groups in total. The number of hydrogen-bond acceptors (Lipinski definition) is 6. The molecule has 0 aliphatic carbocycles. The minimum Gasteiger partial charge on any atom is -0.506 e. The maximum Gasteiger partial charge on any atom is 0.240 e. The summed E-state index contributed by atoms with van der Waals surface area (Å²) in [5, 5.41) is 18.1. The van der Waals surface area contributed by atoms with Gasteiger partial charge in [-0.15, -0.1) is 0 Å². The molecule has 0 saturated carbocycles. The molecule has 0 heterocycles. The van der Waals surface area contributed by atoms with Gasteiger partial charge >= 0.3 is 0 Å². The molecular weight excluding hydrogens is 199 g/mol. The molecule has 0 radical (unpaired) electrons. The lowest BCUT2D eigenvalue weighted by Crippen LogP contribution is -2.21. The summed E-state index contributed by atoms with van der Waals surface area (Å²) in [5.41, 5.74) is -0.876. The predicted molar refractivity (Wildman–Crippen MR) is 46.3 cm³/mol. The van der Waals surface area contributed by atoms with Crippen LogP contribution in [0.4, 0.5) is 0 Å². The molecule has 13 heavy (non-hydrogen) atoms. The minimum absolute atomic E-state index is 0.00949. The topological polar surface area (TPSA) is 99.4 Å². The Morgan fingerprint density at radius 2 is 1.85 bits per heavy atom. The fourth-order valence-corrected chi connectivity index (χ4v) is 1.01. The average molecular weight is 212 g/mol. The summed E-state index contributed by atoms with van der Waals surface area (Å²) in [5.74, 6) is -0.625. The highest BCUT2D eigenvalue weighted by Crippen LogP contribution is 2.35. The van der Waals surface area contributed by atoms with Gasteiger partial charge in [0.1, 0.15) is 6.10 Å². The van der Waals surface area contributed by atoms with Crippen molar-refractivity contribution in [3.8, 4) is 0 Å². The van der Waals surface area contributed by atoms with Gasteiger partial charge in [0, 0.05) is 14.2 Å². The summed E-state index contributed by atoms with van der Waals surface area (Å²) < 4.78 is 9.38. The second-order valence-corrected chi connectivity index (χ2v) is 3.18. The Bertz CT molecular complexity index is 180. The SMILES string of the molecule is COCC(OC)/C(O)=C(\O)P(O)O. The summed E-state index contributed by atoms with van der Waals surface area (Å²) in [6.45, 7) is 0.00949. The predicted octanol–water partition coefficient (Wildman–Crippen LogP) is 0.229. The van der Waals surface area contributed by atoms with Crippen molar-refractivity contribution in [3.63, 3.8) is 0 Å². The number of rotatable bonds is 5. The van der Waals surface area contributed by atoms with E-state index in [0.29, 0.717) is 0 Å². The van der Waals surface area contributed by atoms with E-state index in [0.717, 1.165) is 0 Å². The number of ether oxygens (including phenoxy) is 2. The lowest BCUT2D eigenvalue weighted by Gasteiger charge is -2.14. The van der Waals surface area contributed by atoms with Crippen LogP contribution in [0.3, 0.4) is 0 Å². The van der Waals surface area contributed by atoms with Crippen LogP contribution < -0.4 is 0 Å². The zero-order valence-electron chi connectivity index (χ0n) is 7.34. The van der Waals surface area contributed by atoms with Gasteiger partial charge in [-0.05, 0) is 0 Å². The van der Waals surface area contributed by atoms with E-state index in [-0.39, 0.29) is 6.61 Å². The van der Waals surface area contributed by atoms with Crippen LogP contribution in [-0.4, -0.2) is 46.9 Å². The van der Waals surface area contributed by atoms with Gasteiger partial charge in [0.05, 0.1) is 6.61 Å². The van der Waals surface area contributed by atoms with Crippen LogP contribution >= 0.6 is 8.38 Å². The number of aliphatic hydroxyl groups is 2. The molecule has 7 heteroatoms. The van der Waals surface area contributed by atoms with E-state index in [1.807, 2.05) is 0 Å². The molecule has 0 amide bonds. The highest BCUT2D eigenvalue weighted by Gasteiger charge is 2.21. The monoisotopic (exact) mass is 212 g/mol. The maximum absolute atomic E-state index is 9.20. The first kappa shape index (κ1) is 12.6. The third-order valence-electron chi connectivity index (χ3n) is 1.33. The van der Waals surface area contributed by atoms with Crippen LogP contribution in [0.2, 0.25) is 0 Å². The molecule has 0 aromatic rings. The van der Waals surface area contributed by atoms with Gasteiger partial charge in [-0.3, -0.25) is 0 Å². The van der Waals surface area contributed by atoms with Crippen molar-refractivity contribution in [2.75, 3.05) is 20.8 Å². The van der Waals surface area contributed by atoms with Crippen LogP contribution in [0.1, 0.15) is 0 Å². The summed E-state index contributed by atoms with van der Waals surface area (Å²) in [7, 11) is -0.0186. The molecule has 0 fully saturated rings. The zero-order chi connectivity index (χ0) is 10.4. The normalized spacial score (nSPS) is 15.8. The number of hydrogen-bond donors (Lipinski definition) is 4. The van der Waals surface area contributed by atoms with Crippen LogP contribution in [0.15, 0.2) is 11.3 Å². The van der Waals surface area contributed by atoms with Gasteiger partial charge in [0.15, 0.2) is 5.76 Å². The highest BCUT2D eigenvalue weighted by molar-refractivity contribution is 7.49. The molecule has 0 aromatic carbocycles. The van der Waals surface area contributed by atoms with Gasteiger partial charge < -0.3 is 29.5 Å². The lowest BCUT2D eigenvalue weighted by atomic mass is 10.3. The smallest absolute Gasteiger partial charge is 0.240 e. The second kappa shape index (κ2) is 6.12. The molecular formula is C6H13O6P. The summed E-state index contributed by atoms with van der Waals surface area (Å²) in [6.07, 6.45) is -0.894. The standard InChI is InChI=1S/C6H13O6P/c1-11-3-4(12-2)5(7)6(8)13(9)10/h4,7-10H,3H2,1-2H3/b6-5-. The zero-order valence-corrected chi connectivity index (χ0v) is 8.23. The van der Waals surface area contributed by atoms with Crippen molar-refractivity contribution in [2.24, 2.45) is 0 Å². The fourth-order valence-electron chi connectivity index (χ4n) is 0.656. The maximum atomic E-state index is 9.20. The molecule has 0 aliphatic heterocycles. The molecule has 6 nitrogen and oxygen atoms in total. The van der Waals surface area contributed by atoms with E-state index < -0.39 is 25.7 Å². The van der Waals surface area contributed by atoms with E-state index in [1.54, 1.807) is 0 Å². The Hall–Kier alpha value is -0.390. The Morgan fingerprint density at radius 3 is 2.15 bits per heavy atom. The number of methoxy groups -OCH3 is 2.